The summed E-state index contributed by atoms with van der Waals surface area (Å²) >= 11 is 0. The smallest absolute Gasteiger partial charge is 0.0576 e. The van der Waals surface area contributed by atoms with Gasteiger partial charge in [0.15, 0.2) is 0 Å². The fourth-order valence-electron chi connectivity index (χ4n) is 2.69. The van der Waals surface area contributed by atoms with Gasteiger partial charge in [-0.3, -0.25) is 0 Å². The van der Waals surface area contributed by atoms with Crippen molar-refractivity contribution in [3.05, 3.63) is 59.2 Å². The third-order valence-electron chi connectivity index (χ3n) is 3.62. The largest absolute Gasteiger partial charge is 0.397 e. The summed E-state index contributed by atoms with van der Waals surface area (Å²) in [4.78, 5) is 0. The average Bonchev–Trinajstić information content (AvgIpc) is 2.75. The van der Waals surface area contributed by atoms with E-state index in [-0.39, 0.29) is 0 Å². The van der Waals surface area contributed by atoms with Gasteiger partial charge in [0.25, 0.3) is 0 Å². The molecule has 0 spiro atoms. The molecule has 0 unspecified atom stereocenters. The molecule has 0 bridgehead atoms. The highest BCUT2D eigenvalue weighted by atomic mass is 14.9. The normalized spacial score (nSPS) is 14.5. The maximum atomic E-state index is 6.04. The summed E-state index contributed by atoms with van der Waals surface area (Å²) in [6.07, 6.45) is 2.17. The zero-order valence-corrected chi connectivity index (χ0v) is 10.6. The molecule has 2 heteroatoms. The summed E-state index contributed by atoms with van der Waals surface area (Å²) in [5.41, 5.74) is 12.1. The van der Waals surface area contributed by atoms with E-state index in [4.69, 9.17) is 5.73 Å². The molecule has 2 aromatic rings. The van der Waals surface area contributed by atoms with Crippen LogP contribution in [0.1, 0.15) is 16.7 Å². The second-order valence-corrected chi connectivity index (χ2v) is 5.11. The number of rotatable bonds is 2. The Kier molecular flexibility index (Phi) is 2.71. The highest BCUT2D eigenvalue weighted by Gasteiger charge is 2.20. The Bertz CT molecular complexity index is 550. The predicted molar refractivity (Wildman–Crippen MR) is 76.9 cm³/mol. The number of benzene rings is 2. The monoisotopic (exact) mass is 238 g/mol. The van der Waals surface area contributed by atoms with Crippen molar-refractivity contribution in [2.45, 2.75) is 25.8 Å². The van der Waals surface area contributed by atoms with Crippen molar-refractivity contribution >= 4 is 11.4 Å². The molecule has 0 saturated carbocycles. The minimum atomic E-state index is 0.465. The van der Waals surface area contributed by atoms with E-state index < -0.39 is 0 Å². The van der Waals surface area contributed by atoms with Gasteiger partial charge in [0, 0.05) is 6.04 Å². The summed E-state index contributed by atoms with van der Waals surface area (Å²) in [6.45, 7) is 2.06. The Morgan fingerprint density at radius 2 is 1.72 bits per heavy atom. The predicted octanol–water partition coefficient (Wildman–Crippen LogP) is 3.16. The fraction of sp³-hybridized carbons (Fsp3) is 0.250. The standard InChI is InChI=1S/C16H18N2/c1-11-6-7-16(15(17)8-11)18-14-9-12-4-2-3-5-13(12)10-14/h2-8,14,18H,9-10,17H2,1H3. The third kappa shape index (κ3) is 2.06. The maximum Gasteiger partial charge on any atom is 0.0576 e. The minimum Gasteiger partial charge on any atom is -0.397 e. The molecule has 3 N–H and O–H groups in total. The molecule has 0 amide bonds. The highest BCUT2D eigenvalue weighted by molar-refractivity contribution is 5.67. The van der Waals surface area contributed by atoms with Crippen molar-refractivity contribution < 1.29 is 0 Å². The molecule has 0 saturated heterocycles. The quantitative estimate of drug-likeness (QED) is 0.789. The topological polar surface area (TPSA) is 38.0 Å². The van der Waals surface area contributed by atoms with Crippen LogP contribution in [0, 0.1) is 6.92 Å². The van der Waals surface area contributed by atoms with E-state index in [1.54, 1.807) is 0 Å². The van der Waals surface area contributed by atoms with Crippen LogP contribution in [0.25, 0.3) is 0 Å². The Hall–Kier alpha value is -1.96. The van der Waals surface area contributed by atoms with Gasteiger partial charge in [0.2, 0.25) is 0 Å². The first-order chi connectivity index (χ1) is 8.72. The molecule has 3 rings (SSSR count). The van der Waals surface area contributed by atoms with E-state index >= 15 is 0 Å². The van der Waals surface area contributed by atoms with E-state index in [0.29, 0.717) is 6.04 Å². The van der Waals surface area contributed by atoms with Crippen LogP contribution >= 0.6 is 0 Å². The Balaban J connectivity index is 1.76. The van der Waals surface area contributed by atoms with Crippen LogP contribution in [0.3, 0.4) is 0 Å². The van der Waals surface area contributed by atoms with Gasteiger partial charge in [-0.15, -0.1) is 0 Å². The molecule has 0 fully saturated rings. The van der Waals surface area contributed by atoms with Crippen molar-refractivity contribution in [3.8, 4) is 0 Å². The van der Waals surface area contributed by atoms with Gasteiger partial charge >= 0.3 is 0 Å². The third-order valence-corrected chi connectivity index (χ3v) is 3.62. The number of anilines is 2. The first kappa shape index (κ1) is 11.1. The van der Waals surface area contributed by atoms with Gasteiger partial charge in [-0.05, 0) is 48.6 Å². The van der Waals surface area contributed by atoms with Crippen molar-refractivity contribution in [2.75, 3.05) is 11.1 Å². The van der Waals surface area contributed by atoms with Gasteiger partial charge in [-0.25, -0.2) is 0 Å². The second kappa shape index (κ2) is 4.37. The summed E-state index contributed by atoms with van der Waals surface area (Å²) < 4.78 is 0. The molecule has 18 heavy (non-hydrogen) atoms. The van der Waals surface area contributed by atoms with Crippen LogP contribution in [0.15, 0.2) is 42.5 Å². The SMILES string of the molecule is Cc1ccc(NC2Cc3ccccc3C2)c(N)c1. The number of fused-ring (bicyclic) bond motifs is 1. The minimum absolute atomic E-state index is 0.465. The molecular formula is C16H18N2. The average molecular weight is 238 g/mol. The number of nitrogens with two attached hydrogens (primary N) is 1. The summed E-state index contributed by atoms with van der Waals surface area (Å²) in [5.74, 6) is 0. The molecule has 0 radical (unpaired) electrons. The number of aryl methyl sites for hydroxylation is 1. The first-order valence-electron chi connectivity index (χ1n) is 6.42. The summed E-state index contributed by atoms with van der Waals surface area (Å²) in [6, 6.07) is 15.3. The number of hydrogen-bond acceptors (Lipinski definition) is 2. The molecule has 0 aliphatic heterocycles. The zero-order valence-electron chi connectivity index (χ0n) is 10.6. The van der Waals surface area contributed by atoms with Crippen molar-refractivity contribution in [2.24, 2.45) is 0 Å². The lowest BCUT2D eigenvalue weighted by atomic mass is 10.1. The van der Waals surface area contributed by atoms with Gasteiger partial charge in [-0.1, -0.05) is 30.3 Å². The van der Waals surface area contributed by atoms with Gasteiger partial charge in [0.1, 0.15) is 0 Å². The van der Waals surface area contributed by atoms with Crippen molar-refractivity contribution in [1.82, 2.24) is 0 Å². The summed E-state index contributed by atoms with van der Waals surface area (Å²) in [5, 5.41) is 3.56. The first-order valence-corrected chi connectivity index (χ1v) is 6.42. The summed E-state index contributed by atoms with van der Waals surface area (Å²) in [7, 11) is 0. The van der Waals surface area contributed by atoms with Crippen molar-refractivity contribution in [3.63, 3.8) is 0 Å². The van der Waals surface area contributed by atoms with Crippen LogP contribution in [0.5, 0.6) is 0 Å². The van der Waals surface area contributed by atoms with Crippen LogP contribution in [-0.4, -0.2) is 6.04 Å². The zero-order chi connectivity index (χ0) is 12.5. The van der Waals surface area contributed by atoms with Crippen LogP contribution in [0.2, 0.25) is 0 Å². The fourth-order valence-corrected chi connectivity index (χ4v) is 2.69. The lowest BCUT2D eigenvalue weighted by Crippen LogP contribution is -2.20. The van der Waals surface area contributed by atoms with E-state index in [9.17, 15) is 0 Å². The van der Waals surface area contributed by atoms with Gasteiger partial charge in [-0.2, -0.15) is 0 Å². The van der Waals surface area contributed by atoms with Crippen LogP contribution in [0.4, 0.5) is 11.4 Å². The lowest BCUT2D eigenvalue weighted by Gasteiger charge is -2.15. The molecule has 0 aromatic heterocycles. The van der Waals surface area contributed by atoms with Crippen molar-refractivity contribution in [1.29, 1.82) is 0 Å². The molecule has 92 valence electrons. The molecule has 0 heterocycles. The molecule has 1 aliphatic carbocycles. The lowest BCUT2D eigenvalue weighted by molar-refractivity contribution is 0.775. The van der Waals surface area contributed by atoms with E-state index in [1.807, 2.05) is 6.07 Å². The molecule has 2 aromatic carbocycles. The van der Waals surface area contributed by atoms with E-state index in [0.717, 1.165) is 24.2 Å². The Morgan fingerprint density at radius 1 is 1.06 bits per heavy atom. The maximum absolute atomic E-state index is 6.04. The molecule has 0 atom stereocenters. The number of hydrogen-bond donors (Lipinski definition) is 2. The molecule has 2 nitrogen and oxygen atoms in total. The van der Waals surface area contributed by atoms with E-state index in [2.05, 4.69) is 48.6 Å². The second-order valence-electron chi connectivity index (χ2n) is 5.11. The Labute approximate surface area is 108 Å². The van der Waals surface area contributed by atoms with E-state index in [1.165, 1.54) is 16.7 Å². The van der Waals surface area contributed by atoms with Crippen LogP contribution in [-0.2, 0) is 12.8 Å². The van der Waals surface area contributed by atoms with Crippen LogP contribution < -0.4 is 11.1 Å². The van der Waals surface area contributed by atoms with Gasteiger partial charge in [0.05, 0.1) is 11.4 Å². The van der Waals surface area contributed by atoms with Gasteiger partial charge < -0.3 is 11.1 Å². The highest BCUT2D eigenvalue weighted by Crippen LogP contribution is 2.27. The molecular weight excluding hydrogens is 220 g/mol. The molecule has 1 aliphatic rings. The number of nitrogens with one attached hydrogen (secondary N) is 1. The number of nitrogen functional groups attached to an aromatic ring is 1. The Morgan fingerprint density at radius 3 is 2.33 bits per heavy atom.